The number of rotatable bonds is 4. The van der Waals surface area contributed by atoms with Crippen molar-refractivity contribution >= 4 is 15.9 Å². The molecule has 1 aliphatic carbocycles. The van der Waals surface area contributed by atoms with Gasteiger partial charge in [0.15, 0.2) is 0 Å². The topological polar surface area (TPSA) is 84.2 Å². The molecule has 5 nitrogen and oxygen atoms in total. The smallest absolute Gasteiger partial charge is 0.277 e. The number of hydrogen-bond acceptors (Lipinski definition) is 3. The summed E-state index contributed by atoms with van der Waals surface area (Å²) >= 11 is 0. The summed E-state index contributed by atoms with van der Waals surface area (Å²) in [5.41, 5.74) is 8.66. The van der Waals surface area contributed by atoms with E-state index in [2.05, 4.69) is 9.44 Å². The normalized spacial score (nSPS) is 19.5. The molecule has 4 N–H and O–H groups in total. The number of nitrogens with one attached hydrogen (secondary N) is 2. The van der Waals surface area contributed by atoms with Crippen molar-refractivity contribution in [3.8, 4) is 0 Å². The Hall–Kier alpha value is -1.11. The summed E-state index contributed by atoms with van der Waals surface area (Å²) in [4.78, 5) is 0. The Morgan fingerprint density at radius 1 is 1.44 bits per heavy atom. The van der Waals surface area contributed by atoms with Crippen LogP contribution in [0.3, 0.4) is 0 Å². The second-order valence-electron chi connectivity index (χ2n) is 4.52. The summed E-state index contributed by atoms with van der Waals surface area (Å²) in [6.07, 6.45) is 2.75. The number of fused-ring (bicyclic) bond motifs is 1. The molecule has 1 unspecified atom stereocenters. The standard InChI is InChI=1S/C12H19N3O2S/c1-2-14-18(16,17)15-12-5-3-4-9-8-10(13)6-7-11(9)12/h6-8,12,14-15H,2-5,13H2,1H3. The van der Waals surface area contributed by atoms with Gasteiger partial charge in [0, 0.05) is 18.3 Å². The molecule has 1 aromatic carbocycles. The van der Waals surface area contributed by atoms with Crippen LogP contribution in [0.25, 0.3) is 0 Å². The molecule has 1 aliphatic rings. The van der Waals surface area contributed by atoms with Gasteiger partial charge < -0.3 is 5.73 Å². The Kier molecular flexibility index (Phi) is 3.89. The van der Waals surface area contributed by atoms with Crippen LogP contribution in [0.1, 0.15) is 36.9 Å². The highest BCUT2D eigenvalue weighted by atomic mass is 32.2. The van der Waals surface area contributed by atoms with E-state index in [1.54, 1.807) is 6.92 Å². The predicted octanol–water partition coefficient (Wildman–Crippen LogP) is 1.09. The van der Waals surface area contributed by atoms with Crippen molar-refractivity contribution in [1.82, 2.24) is 9.44 Å². The van der Waals surface area contributed by atoms with Gasteiger partial charge in [-0.3, -0.25) is 0 Å². The Balaban J connectivity index is 2.23. The molecule has 0 heterocycles. The van der Waals surface area contributed by atoms with Gasteiger partial charge in [-0.05, 0) is 42.5 Å². The summed E-state index contributed by atoms with van der Waals surface area (Å²) < 4.78 is 28.6. The minimum absolute atomic E-state index is 0.154. The van der Waals surface area contributed by atoms with Gasteiger partial charge in [0.25, 0.3) is 10.2 Å². The van der Waals surface area contributed by atoms with E-state index < -0.39 is 10.2 Å². The third kappa shape index (κ3) is 3.01. The minimum Gasteiger partial charge on any atom is -0.399 e. The van der Waals surface area contributed by atoms with Crippen LogP contribution in [0.4, 0.5) is 5.69 Å². The zero-order valence-electron chi connectivity index (χ0n) is 10.4. The number of anilines is 1. The maximum Gasteiger partial charge on any atom is 0.277 e. The van der Waals surface area contributed by atoms with Crippen LogP contribution < -0.4 is 15.2 Å². The Labute approximate surface area is 108 Å². The third-order valence-electron chi connectivity index (χ3n) is 3.11. The highest BCUT2D eigenvalue weighted by molar-refractivity contribution is 7.87. The molecule has 6 heteroatoms. The van der Waals surface area contributed by atoms with Gasteiger partial charge in [-0.2, -0.15) is 13.1 Å². The van der Waals surface area contributed by atoms with Crippen LogP contribution in [0.15, 0.2) is 18.2 Å². The molecule has 1 aromatic rings. The summed E-state index contributed by atoms with van der Waals surface area (Å²) in [6.45, 7) is 2.14. The van der Waals surface area contributed by atoms with Crippen molar-refractivity contribution in [2.24, 2.45) is 0 Å². The van der Waals surface area contributed by atoms with Crippen LogP contribution in [0.2, 0.25) is 0 Å². The zero-order chi connectivity index (χ0) is 13.2. The second kappa shape index (κ2) is 5.26. The molecule has 100 valence electrons. The van der Waals surface area contributed by atoms with Crippen LogP contribution >= 0.6 is 0 Å². The average molecular weight is 269 g/mol. The molecule has 0 spiro atoms. The maximum absolute atomic E-state index is 11.7. The van der Waals surface area contributed by atoms with Crippen molar-refractivity contribution in [2.45, 2.75) is 32.2 Å². The van der Waals surface area contributed by atoms with Crippen molar-refractivity contribution in [1.29, 1.82) is 0 Å². The van der Waals surface area contributed by atoms with Gasteiger partial charge in [0.2, 0.25) is 0 Å². The van der Waals surface area contributed by atoms with E-state index in [1.165, 1.54) is 0 Å². The monoisotopic (exact) mass is 269 g/mol. The van der Waals surface area contributed by atoms with Gasteiger partial charge in [-0.25, -0.2) is 4.72 Å². The van der Waals surface area contributed by atoms with Gasteiger partial charge in [-0.15, -0.1) is 0 Å². The molecule has 0 saturated heterocycles. The second-order valence-corrected chi connectivity index (χ2v) is 6.05. The summed E-state index contributed by atoms with van der Waals surface area (Å²) in [5, 5.41) is 0. The highest BCUT2D eigenvalue weighted by Gasteiger charge is 2.24. The van der Waals surface area contributed by atoms with Gasteiger partial charge >= 0.3 is 0 Å². The van der Waals surface area contributed by atoms with Crippen molar-refractivity contribution in [3.63, 3.8) is 0 Å². The zero-order valence-corrected chi connectivity index (χ0v) is 11.3. The van der Waals surface area contributed by atoms with Crippen LogP contribution in [-0.4, -0.2) is 15.0 Å². The molecule has 0 saturated carbocycles. The van der Waals surface area contributed by atoms with Crippen LogP contribution in [0, 0.1) is 0 Å². The largest absolute Gasteiger partial charge is 0.399 e. The van der Waals surface area contributed by atoms with E-state index in [9.17, 15) is 8.42 Å². The molecular weight excluding hydrogens is 250 g/mol. The predicted molar refractivity (Wildman–Crippen MR) is 72.3 cm³/mol. The third-order valence-corrected chi connectivity index (χ3v) is 4.38. The summed E-state index contributed by atoms with van der Waals surface area (Å²) in [6, 6.07) is 5.52. The first-order valence-electron chi connectivity index (χ1n) is 6.17. The highest BCUT2D eigenvalue weighted by Crippen LogP contribution is 2.31. The van der Waals surface area contributed by atoms with Crippen molar-refractivity contribution in [2.75, 3.05) is 12.3 Å². The Morgan fingerprint density at radius 2 is 2.22 bits per heavy atom. The van der Waals surface area contributed by atoms with E-state index in [-0.39, 0.29) is 6.04 Å². The van der Waals surface area contributed by atoms with Crippen LogP contribution in [0.5, 0.6) is 0 Å². The molecular formula is C12H19N3O2S. The van der Waals surface area contributed by atoms with E-state index in [0.717, 1.165) is 36.1 Å². The SMILES string of the molecule is CCNS(=O)(=O)NC1CCCc2cc(N)ccc21. The molecule has 0 aliphatic heterocycles. The minimum atomic E-state index is -3.42. The fourth-order valence-electron chi connectivity index (χ4n) is 2.38. The molecule has 0 aromatic heterocycles. The van der Waals surface area contributed by atoms with Gasteiger partial charge in [0.05, 0.1) is 0 Å². The lowest BCUT2D eigenvalue weighted by atomic mass is 9.88. The summed E-state index contributed by atoms with van der Waals surface area (Å²) in [5.74, 6) is 0. The quantitative estimate of drug-likeness (QED) is 0.715. The van der Waals surface area contributed by atoms with Gasteiger partial charge in [0.1, 0.15) is 0 Å². The van der Waals surface area contributed by atoms with Gasteiger partial charge in [-0.1, -0.05) is 13.0 Å². The molecule has 0 radical (unpaired) electrons. The first-order valence-corrected chi connectivity index (χ1v) is 7.65. The van der Waals surface area contributed by atoms with E-state index >= 15 is 0 Å². The van der Waals surface area contributed by atoms with E-state index in [1.807, 2.05) is 18.2 Å². The number of benzene rings is 1. The fraction of sp³-hybridized carbons (Fsp3) is 0.500. The number of aryl methyl sites for hydroxylation is 1. The first-order chi connectivity index (χ1) is 8.52. The number of hydrogen-bond donors (Lipinski definition) is 3. The number of nitrogens with two attached hydrogens (primary N) is 1. The molecule has 18 heavy (non-hydrogen) atoms. The van der Waals surface area contributed by atoms with E-state index in [4.69, 9.17) is 5.73 Å². The van der Waals surface area contributed by atoms with E-state index in [0.29, 0.717) is 6.54 Å². The lowest BCUT2D eigenvalue weighted by Crippen LogP contribution is -2.39. The Bertz CT molecular complexity index is 528. The average Bonchev–Trinajstić information content (AvgIpc) is 2.28. The van der Waals surface area contributed by atoms with Crippen molar-refractivity contribution < 1.29 is 8.42 Å². The molecule has 2 rings (SSSR count). The Morgan fingerprint density at radius 3 is 2.94 bits per heavy atom. The molecule has 0 fully saturated rings. The number of nitrogen functional groups attached to an aromatic ring is 1. The lowest BCUT2D eigenvalue weighted by Gasteiger charge is -2.26. The lowest BCUT2D eigenvalue weighted by molar-refractivity contribution is 0.501. The molecule has 0 amide bonds. The first kappa shape index (κ1) is 13.3. The summed E-state index contributed by atoms with van der Waals surface area (Å²) in [7, 11) is -3.42. The fourth-order valence-corrected chi connectivity index (χ4v) is 3.46. The van der Waals surface area contributed by atoms with Crippen LogP contribution in [-0.2, 0) is 16.6 Å². The molecule has 1 atom stereocenters. The maximum atomic E-state index is 11.7. The van der Waals surface area contributed by atoms with Crippen molar-refractivity contribution in [3.05, 3.63) is 29.3 Å². The molecule has 0 bridgehead atoms.